The molecule has 0 aliphatic heterocycles. The average Bonchev–Trinajstić information content (AvgIpc) is 2.38. The fraction of sp³-hybridized carbons (Fsp3) is 0.500. The van der Waals surface area contributed by atoms with Gasteiger partial charge < -0.3 is 15.7 Å². The van der Waals surface area contributed by atoms with Crippen molar-refractivity contribution in [1.82, 2.24) is 10.6 Å². The zero-order valence-electron chi connectivity index (χ0n) is 11.2. The van der Waals surface area contributed by atoms with E-state index in [0.29, 0.717) is 6.42 Å². The van der Waals surface area contributed by atoms with Gasteiger partial charge in [0.05, 0.1) is 18.2 Å². The minimum absolute atomic E-state index is 0.0690. The number of aliphatic hydroxyl groups is 1. The molecule has 0 radical (unpaired) electrons. The predicted octanol–water partition coefficient (Wildman–Crippen LogP) is 0.704. The molecule has 0 heterocycles. The molecule has 0 aromatic heterocycles. The predicted molar refractivity (Wildman–Crippen MR) is 72.3 cm³/mol. The summed E-state index contributed by atoms with van der Waals surface area (Å²) in [5.41, 5.74) is 0.462. The van der Waals surface area contributed by atoms with Crippen molar-refractivity contribution in [3.8, 4) is 0 Å². The Morgan fingerprint density at radius 2 is 1.94 bits per heavy atom. The third kappa shape index (κ3) is 4.13. The average molecular weight is 250 g/mol. The molecule has 0 aliphatic carbocycles. The van der Waals surface area contributed by atoms with Crippen LogP contribution in [-0.4, -0.2) is 36.2 Å². The summed E-state index contributed by atoms with van der Waals surface area (Å²) in [6.45, 7) is 3.54. The maximum absolute atomic E-state index is 12.0. The Morgan fingerprint density at radius 1 is 1.33 bits per heavy atom. The van der Waals surface area contributed by atoms with Crippen molar-refractivity contribution in [2.45, 2.75) is 31.8 Å². The molecule has 4 nitrogen and oxygen atoms in total. The molecule has 1 atom stereocenters. The minimum Gasteiger partial charge on any atom is -0.394 e. The molecule has 18 heavy (non-hydrogen) atoms. The van der Waals surface area contributed by atoms with Gasteiger partial charge in [-0.1, -0.05) is 30.3 Å². The van der Waals surface area contributed by atoms with Gasteiger partial charge in [0, 0.05) is 0 Å². The number of carbonyl (C=O) groups excluding carboxylic acids is 1. The SMILES string of the molecule is CNC(C)(C)C(=O)N[C@@H](CO)Cc1ccccc1. The molecule has 4 heteroatoms. The van der Waals surface area contributed by atoms with Gasteiger partial charge in [0.15, 0.2) is 0 Å². The fourth-order valence-electron chi connectivity index (χ4n) is 1.54. The van der Waals surface area contributed by atoms with Crippen molar-refractivity contribution < 1.29 is 9.90 Å². The van der Waals surface area contributed by atoms with E-state index in [1.165, 1.54) is 0 Å². The highest BCUT2D eigenvalue weighted by Crippen LogP contribution is 2.06. The lowest BCUT2D eigenvalue weighted by molar-refractivity contribution is -0.127. The summed E-state index contributed by atoms with van der Waals surface area (Å²) in [7, 11) is 1.74. The van der Waals surface area contributed by atoms with Crippen LogP contribution in [0.2, 0.25) is 0 Å². The highest BCUT2D eigenvalue weighted by atomic mass is 16.3. The van der Waals surface area contributed by atoms with Crippen LogP contribution in [0.25, 0.3) is 0 Å². The Hall–Kier alpha value is -1.39. The molecule has 1 amide bonds. The smallest absolute Gasteiger partial charge is 0.240 e. The summed E-state index contributed by atoms with van der Waals surface area (Å²) >= 11 is 0. The van der Waals surface area contributed by atoms with Crippen LogP contribution in [0.1, 0.15) is 19.4 Å². The summed E-state index contributed by atoms with van der Waals surface area (Å²) in [5, 5.41) is 15.1. The molecule has 0 spiro atoms. The molecule has 3 N–H and O–H groups in total. The third-order valence-corrected chi connectivity index (χ3v) is 3.07. The Balaban J connectivity index is 2.60. The van der Waals surface area contributed by atoms with Gasteiger partial charge in [0.2, 0.25) is 5.91 Å². The monoisotopic (exact) mass is 250 g/mol. The molecule has 1 rings (SSSR count). The minimum atomic E-state index is -0.635. The molecular weight excluding hydrogens is 228 g/mol. The van der Waals surface area contributed by atoms with Crippen molar-refractivity contribution >= 4 is 5.91 Å². The van der Waals surface area contributed by atoms with E-state index in [-0.39, 0.29) is 18.6 Å². The first-order valence-corrected chi connectivity index (χ1v) is 6.14. The van der Waals surface area contributed by atoms with E-state index >= 15 is 0 Å². The first kappa shape index (κ1) is 14.7. The summed E-state index contributed by atoms with van der Waals surface area (Å²) in [5.74, 6) is -0.111. The largest absolute Gasteiger partial charge is 0.394 e. The number of hydrogen-bond donors (Lipinski definition) is 3. The Labute approximate surface area is 108 Å². The quantitative estimate of drug-likeness (QED) is 0.696. The molecular formula is C14H22N2O2. The second-order valence-electron chi connectivity index (χ2n) is 4.92. The van der Waals surface area contributed by atoms with Gasteiger partial charge in [-0.05, 0) is 32.9 Å². The topological polar surface area (TPSA) is 61.4 Å². The van der Waals surface area contributed by atoms with Crippen molar-refractivity contribution in [3.63, 3.8) is 0 Å². The van der Waals surface area contributed by atoms with E-state index in [0.717, 1.165) is 5.56 Å². The van der Waals surface area contributed by atoms with E-state index in [9.17, 15) is 9.90 Å². The molecule has 0 saturated heterocycles. The van der Waals surface area contributed by atoms with Gasteiger partial charge in [-0.25, -0.2) is 0 Å². The number of amides is 1. The number of benzene rings is 1. The second kappa shape index (κ2) is 6.52. The molecule has 1 aromatic carbocycles. The van der Waals surface area contributed by atoms with E-state index < -0.39 is 5.54 Å². The Morgan fingerprint density at radius 3 is 2.44 bits per heavy atom. The summed E-state index contributed by atoms with van der Waals surface area (Å²) < 4.78 is 0. The van der Waals surface area contributed by atoms with Gasteiger partial charge >= 0.3 is 0 Å². The van der Waals surface area contributed by atoms with Crippen LogP contribution in [0.3, 0.4) is 0 Å². The van der Waals surface area contributed by atoms with Crippen LogP contribution in [0.5, 0.6) is 0 Å². The summed E-state index contributed by atoms with van der Waals surface area (Å²) in [4.78, 5) is 12.0. The van der Waals surface area contributed by atoms with Crippen molar-refractivity contribution in [3.05, 3.63) is 35.9 Å². The zero-order valence-corrected chi connectivity index (χ0v) is 11.2. The molecule has 0 unspecified atom stereocenters. The molecule has 0 bridgehead atoms. The van der Waals surface area contributed by atoms with E-state index in [2.05, 4.69) is 10.6 Å². The fourth-order valence-corrected chi connectivity index (χ4v) is 1.54. The number of rotatable bonds is 6. The van der Waals surface area contributed by atoms with Gasteiger partial charge in [0.1, 0.15) is 0 Å². The van der Waals surface area contributed by atoms with Crippen molar-refractivity contribution in [2.75, 3.05) is 13.7 Å². The first-order valence-electron chi connectivity index (χ1n) is 6.14. The normalized spacial score (nSPS) is 13.1. The lowest BCUT2D eigenvalue weighted by Gasteiger charge is -2.26. The van der Waals surface area contributed by atoms with Crippen LogP contribution in [-0.2, 0) is 11.2 Å². The molecule has 0 aliphatic rings. The van der Waals surface area contributed by atoms with Gasteiger partial charge in [-0.3, -0.25) is 4.79 Å². The lowest BCUT2D eigenvalue weighted by atomic mass is 10.0. The number of hydrogen-bond acceptors (Lipinski definition) is 3. The van der Waals surface area contributed by atoms with Gasteiger partial charge in [-0.2, -0.15) is 0 Å². The Kier molecular flexibility index (Phi) is 5.31. The molecule has 0 fully saturated rings. The van der Waals surface area contributed by atoms with E-state index in [1.807, 2.05) is 30.3 Å². The number of nitrogens with one attached hydrogen (secondary N) is 2. The Bertz CT molecular complexity index is 377. The highest BCUT2D eigenvalue weighted by Gasteiger charge is 2.27. The van der Waals surface area contributed by atoms with Crippen LogP contribution in [0.4, 0.5) is 0 Å². The first-order chi connectivity index (χ1) is 8.49. The number of likely N-dealkylation sites (N-methyl/N-ethyl adjacent to an activating group) is 1. The third-order valence-electron chi connectivity index (χ3n) is 3.07. The van der Waals surface area contributed by atoms with Crippen LogP contribution in [0, 0.1) is 0 Å². The van der Waals surface area contributed by atoms with Crippen LogP contribution < -0.4 is 10.6 Å². The van der Waals surface area contributed by atoms with Crippen molar-refractivity contribution in [2.24, 2.45) is 0 Å². The van der Waals surface area contributed by atoms with Gasteiger partial charge in [0.25, 0.3) is 0 Å². The van der Waals surface area contributed by atoms with Gasteiger partial charge in [-0.15, -0.1) is 0 Å². The van der Waals surface area contributed by atoms with Crippen LogP contribution in [0.15, 0.2) is 30.3 Å². The standard InChI is InChI=1S/C14H22N2O2/c1-14(2,15-3)13(18)16-12(10-17)9-11-7-5-4-6-8-11/h4-8,12,15,17H,9-10H2,1-3H3,(H,16,18)/t12-/m1/s1. The van der Waals surface area contributed by atoms with E-state index in [4.69, 9.17) is 0 Å². The number of carbonyl (C=O) groups is 1. The maximum atomic E-state index is 12.0. The van der Waals surface area contributed by atoms with Crippen molar-refractivity contribution in [1.29, 1.82) is 0 Å². The maximum Gasteiger partial charge on any atom is 0.240 e. The van der Waals surface area contributed by atoms with E-state index in [1.54, 1.807) is 20.9 Å². The highest BCUT2D eigenvalue weighted by molar-refractivity contribution is 5.85. The summed E-state index contributed by atoms with van der Waals surface area (Å²) in [6, 6.07) is 9.55. The molecule has 1 aromatic rings. The number of aliphatic hydroxyl groups excluding tert-OH is 1. The summed E-state index contributed by atoms with van der Waals surface area (Å²) in [6.07, 6.45) is 0.628. The molecule has 100 valence electrons. The molecule has 0 saturated carbocycles. The zero-order chi connectivity index (χ0) is 13.6. The lowest BCUT2D eigenvalue weighted by Crippen LogP contribution is -2.54. The van der Waals surface area contributed by atoms with Crippen LogP contribution >= 0.6 is 0 Å². The second-order valence-corrected chi connectivity index (χ2v) is 4.92.